The number of hydrogen-bond acceptors (Lipinski definition) is 3. The third-order valence-corrected chi connectivity index (χ3v) is 3.77. The van der Waals surface area contributed by atoms with Gasteiger partial charge in [0.05, 0.1) is 0 Å². The van der Waals surface area contributed by atoms with E-state index in [9.17, 15) is 0 Å². The standard InChI is InChI=1S/C12H18N2S/c1-11-4-3-5-12(10-11)15-14-8-6-13(2)7-9-14/h3-5,10H,6-9H2,1-2H3. The third kappa shape index (κ3) is 3.23. The lowest BCUT2D eigenvalue weighted by atomic mass is 10.2. The minimum absolute atomic E-state index is 1.16. The van der Waals surface area contributed by atoms with Crippen LogP contribution in [-0.4, -0.2) is 42.4 Å². The number of benzene rings is 1. The molecule has 0 aromatic heterocycles. The Labute approximate surface area is 96.4 Å². The van der Waals surface area contributed by atoms with E-state index in [1.165, 1.54) is 23.5 Å². The van der Waals surface area contributed by atoms with Crippen LogP contribution in [0.15, 0.2) is 29.2 Å². The van der Waals surface area contributed by atoms with Gasteiger partial charge in [0, 0.05) is 31.1 Å². The molecule has 3 heteroatoms. The molecule has 0 bridgehead atoms. The van der Waals surface area contributed by atoms with Crippen molar-refractivity contribution in [1.82, 2.24) is 9.21 Å². The van der Waals surface area contributed by atoms with Crippen LogP contribution >= 0.6 is 11.9 Å². The molecule has 1 fully saturated rings. The maximum atomic E-state index is 2.45. The van der Waals surface area contributed by atoms with E-state index < -0.39 is 0 Å². The molecule has 0 saturated carbocycles. The molecule has 0 spiro atoms. The Morgan fingerprint density at radius 1 is 1.13 bits per heavy atom. The van der Waals surface area contributed by atoms with Crippen molar-refractivity contribution >= 4 is 11.9 Å². The van der Waals surface area contributed by atoms with Gasteiger partial charge in [0.25, 0.3) is 0 Å². The van der Waals surface area contributed by atoms with Crippen molar-refractivity contribution in [3.8, 4) is 0 Å². The van der Waals surface area contributed by atoms with Crippen LogP contribution in [-0.2, 0) is 0 Å². The fourth-order valence-corrected chi connectivity index (χ4v) is 2.72. The van der Waals surface area contributed by atoms with E-state index in [2.05, 4.69) is 47.4 Å². The molecule has 0 unspecified atom stereocenters. The van der Waals surface area contributed by atoms with Gasteiger partial charge < -0.3 is 4.90 Å². The number of piperazine rings is 1. The van der Waals surface area contributed by atoms with Crippen LogP contribution in [0.3, 0.4) is 0 Å². The Kier molecular flexibility index (Phi) is 3.67. The maximum Gasteiger partial charge on any atom is 0.0232 e. The van der Waals surface area contributed by atoms with Gasteiger partial charge in [-0.1, -0.05) is 12.1 Å². The molecule has 1 aromatic carbocycles. The third-order valence-electron chi connectivity index (χ3n) is 2.69. The van der Waals surface area contributed by atoms with Gasteiger partial charge in [-0.2, -0.15) is 0 Å². The quantitative estimate of drug-likeness (QED) is 0.709. The first-order valence-electron chi connectivity index (χ1n) is 5.42. The van der Waals surface area contributed by atoms with E-state index >= 15 is 0 Å². The average Bonchev–Trinajstić information content (AvgIpc) is 2.22. The van der Waals surface area contributed by atoms with Crippen LogP contribution in [0.5, 0.6) is 0 Å². The molecule has 0 radical (unpaired) electrons. The highest BCUT2D eigenvalue weighted by atomic mass is 32.2. The lowest BCUT2D eigenvalue weighted by molar-refractivity contribution is 0.233. The van der Waals surface area contributed by atoms with Gasteiger partial charge in [-0.15, -0.1) is 0 Å². The summed E-state index contributed by atoms with van der Waals surface area (Å²) >= 11 is 1.89. The van der Waals surface area contributed by atoms with Crippen LogP contribution in [0.2, 0.25) is 0 Å². The molecule has 1 saturated heterocycles. The van der Waals surface area contributed by atoms with Crippen molar-refractivity contribution < 1.29 is 0 Å². The van der Waals surface area contributed by atoms with Crippen molar-refractivity contribution in [1.29, 1.82) is 0 Å². The molecular weight excluding hydrogens is 204 g/mol. The van der Waals surface area contributed by atoms with E-state index in [4.69, 9.17) is 0 Å². The monoisotopic (exact) mass is 222 g/mol. The van der Waals surface area contributed by atoms with Gasteiger partial charge in [0.15, 0.2) is 0 Å². The van der Waals surface area contributed by atoms with Crippen molar-refractivity contribution in [3.63, 3.8) is 0 Å². The summed E-state index contributed by atoms with van der Waals surface area (Å²) in [6.45, 7) is 6.83. The normalized spacial score (nSPS) is 19.3. The smallest absolute Gasteiger partial charge is 0.0232 e. The Hall–Kier alpha value is -0.510. The Morgan fingerprint density at radius 3 is 2.53 bits per heavy atom. The second-order valence-corrected chi connectivity index (χ2v) is 5.31. The molecule has 15 heavy (non-hydrogen) atoms. The van der Waals surface area contributed by atoms with Crippen molar-refractivity contribution in [2.45, 2.75) is 11.8 Å². The highest BCUT2D eigenvalue weighted by Gasteiger charge is 2.14. The molecule has 1 aliphatic rings. The molecule has 1 aliphatic heterocycles. The molecule has 2 nitrogen and oxygen atoms in total. The van der Waals surface area contributed by atoms with Crippen LogP contribution < -0.4 is 0 Å². The van der Waals surface area contributed by atoms with Crippen LogP contribution in [0.25, 0.3) is 0 Å². The molecule has 0 N–H and O–H groups in total. The number of nitrogens with zero attached hydrogens (tertiary/aromatic N) is 2. The fourth-order valence-electron chi connectivity index (χ4n) is 1.70. The van der Waals surface area contributed by atoms with Gasteiger partial charge in [-0.05, 0) is 43.6 Å². The van der Waals surface area contributed by atoms with E-state index in [1.807, 2.05) is 11.9 Å². The molecule has 0 atom stereocenters. The zero-order chi connectivity index (χ0) is 10.7. The predicted molar refractivity (Wildman–Crippen MR) is 66.1 cm³/mol. The molecule has 2 rings (SSSR count). The van der Waals surface area contributed by atoms with Gasteiger partial charge in [0.1, 0.15) is 0 Å². The number of hydrogen-bond donors (Lipinski definition) is 0. The summed E-state index contributed by atoms with van der Waals surface area (Å²) in [7, 11) is 2.19. The minimum Gasteiger partial charge on any atom is -0.304 e. The SMILES string of the molecule is Cc1cccc(SN2CCN(C)CC2)c1. The Bertz CT molecular complexity index is 319. The predicted octanol–water partition coefficient (Wildman–Crippen LogP) is 2.25. The largest absolute Gasteiger partial charge is 0.304 e. The first-order valence-corrected chi connectivity index (χ1v) is 6.19. The highest BCUT2D eigenvalue weighted by Crippen LogP contribution is 2.24. The topological polar surface area (TPSA) is 6.48 Å². The Balaban J connectivity index is 1.92. The summed E-state index contributed by atoms with van der Waals surface area (Å²) in [5.74, 6) is 0. The lowest BCUT2D eigenvalue weighted by Gasteiger charge is -2.31. The molecular formula is C12H18N2S. The maximum absolute atomic E-state index is 2.45. The van der Waals surface area contributed by atoms with Crippen LogP contribution in [0.4, 0.5) is 0 Å². The second-order valence-electron chi connectivity index (χ2n) is 4.14. The van der Waals surface area contributed by atoms with Crippen molar-refractivity contribution in [2.75, 3.05) is 33.2 Å². The van der Waals surface area contributed by atoms with Crippen molar-refractivity contribution in [2.24, 2.45) is 0 Å². The van der Waals surface area contributed by atoms with Crippen LogP contribution in [0, 0.1) is 6.92 Å². The summed E-state index contributed by atoms with van der Waals surface area (Å²) in [6, 6.07) is 8.72. The van der Waals surface area contributed by atoms with E-state index in [-0.39, 0.29) is 0 Å². The van der Waals surface area contributed by atoms with Gasteiger partial charge in [-0.25, -0.2) is 4.31 Å². The molecule has 1 heterocycles. The first-order chi connectivity index (χ1) is 7.24. The summed E-state index contributed by atoms with van der Waals surface area (Å²) in [6.07, 6.45) is 0. The number of aryl methyl sites for hydroxylation is 1. The fraction of sp³-hybridized carbons (Fsp3) is 0.500. The molecule has 0 amide bonds. The van der Waals surface area contributed by atoms with Crippen molar-refractivity contribution in [3.05, 3.63) is 29.8 Å². The average molecular weight is 222 g/mol. The zero-order valence-electron chi connectivity index (χ0n) is 9.44. The summed E-state index contributed by atoms with van der Waals surface area (Å²) in [5.41, 5.74) is 1.34. The number of rotatable bonds is 2. The molecule has 82 valence electrons. The van der Waals surface area contributed by atoms with E-state index in [0.717, 1.165) is 13.1 Å². The summed E-state index contributed by atoms with van der Waals surface area (Å²) in [4.78, 5) is 3.74. The van der Waals surface area contributed by atoms with E-state index in [1.54, 1.807) is 0 Å². The lowest BCUT2D eigenvalue weighted by Crippen LogP contribution is -2.40. The first kappa shape index (κ1) is 11.0. The highest BCUT2D eigenvalue weighted by molar-refractivity contribution is 7.97. The van der Waals surface area contributed by atoms with Gasteiger partial charge in [0.2, 0.25) is 0 Å². The molecule has 1 aromatic rings. The zero-order valence-corrected chi connectivity index (χ0v) is 10.3. The minimum atomic E-state index is 1.16. The van der Waals surface area contributed by atoms with Crippen LogP contribution in [0.1, 0.15) is 5.56 Å². The summed E-state index contributed by atoms with van der Waals surface area (Å²) in [5, 5.41) is 0. The van der Waals surface area contributed by atoms with Gasteiger partial charge >= 0.3 is 0 Å². The van der Waals surface area contributed by atoms with Gasteiger partial charge in [-0.3, -0.25) is 0 Å². The van der Waals surface area contributed by atoms with E-state index in [0.29, 0.717) is 0 Å². The molecule has 0 aliphatic carbocycles. The Morgan fingerprint density at radius 2 is 1.87 bits per heavy atom. The number of likely N-dealkylation sites (N-methyl/N-ethyl adjacent to an activating group) is 1. The second kappa shape index (κ2) is 5.01. The summed E-state index contributed by atoms with van der Waals surface area (Å²) < 4.78 is 2.45.